The molecule has 0 saturated carbocycles. The third-order valence-corrected chi connectivity index (χ3v) is 4.17. The van der Waals surface area contributed by atoms with E-state index in [1.807, 2.05) is 0 Å². The van der Waals surface area contributed by atoms with Gasteiger partial charge in [0.1, 0.15) is 19.3 Å². The SMILES string of the molecule is O=C1OCCN1c1ccc(N2C[C@H](CNC(=S)OCCO)OC2=O)cc1. The van der Waals surface area contributed by atoms with Crippen LogP contribution in [-0.2, 0) is 14.2 Å². The Morgan fingerprint density at radius 2 is 1.92 bits per heavy atom. The van der Waals surface area contributed by atoms with Crippen LogP contribution in [0.25, 0.3) is 0 Å². The summed E-state index contributed by atoms with van der Waals surface area (Å²) in [4.78, 5) is 26.7. The Balaban J connectivity index is 1.55. The smallest absolute Gasteiger partial charge is 0.414 e. The Labute approximate surface area is 155 Å². The number of amides is 2. The van der Waals surface area contributed by atoms with E-state index in [2.05, 4.69) is 5.32 Å². The Hall–Kier alpha value is -2.59. The number of thiocarbonyl (C=S) groups is 1. The first-order valence-electron chi connectivity index (χ1n) is 8.12. The van der Waals surface area contributed by atoms with Crippen LogP contribution in [0.5, 0.6) is 0 Å². The number of hydrogen-bond donors (Lipinski definition) is 2. The van der Waals surface area contributed by atoms with E-state index < -0.39 is 6.09 Å². The fourth-order valence-corrected chi connectivity index (χ4v) is 2.83. The van der Waals surface area contributed by atoms with Gasteiger partial charge in [-0.15, -0.1) is 0 Å². The lowest BCUT2D eigenvalue weighted by Gasteiger charge is -2.16. The average molecular weight is 381 g/mol. The molecule has 10 heteroatoms. The van der Waals surface area contributed by atoms with Crippen molar-refractivity contribution in [2.45, 2.75) is 6.10 Å². The Kier molecular flexibility index (Phi) is 5.74. The second-order valence-corrected chi connectivity index (χ2v) is 6.01. The predicted molar refractivity (Wildman–Crippen MR) is 96.4 cm³/mol. The molecule has 0 aromatic heterocycles. The number of ether oxygens (including phenoxy) is 3. The van der Waals surface area contributed by atoms with Crippen LogP contribution in [0, 0.1) is 0 Å². The summed E-state index contributed by atoms with van der Waals surface area (Å²) < 4.78 is 15.3. The highest BCUT2D eigenvalue weighted by Crippen LogP contribution is 2.26. The van der Waals surface area contributed by atoms with Crippen LogP contribution < -0.4 is 15.1 Å². The van der Waals surface area contributed by atoms with Crippen molar-refractivity contribution >= 4 is 41.0 Å². The van der Waals surface area contributed by atoms with Gasteiger partial charge in [0.15, 0.2) is 0 Å². The number of benzene rings is 1. The quantitative estimate of drug-likeness (QED) is 0.700. The highest BCUT2D eigenvalue weighted by atomic mass is 32.1. The molecular weight excluding hydrogens is 362 g/mol. The number of hydrogen-bond acceptors (Lipinski definition) is 7. The van der Waals surface area contributed by atoms with E-state index in [4.69, 9.17) is 31.5 Å². The van der Waals surface area contributed by atoms with Crippen LogP contribution in [0.4, 0.5) is 21.0 Å². The minimum atomic E-state index is -0.452. The zero-order chi connectivity index (χ0) is 18.5. The van der Waals surface area contributed by atoms with Crippen molar-refractivity contribution in [3.63, 3.8) is 0 Å². The summed E-state index contributed by atoms with van der Waals surface area (Å²) in [7, 11) is 0. The summed E-state index contributed by atoms with van der Waals surface area (Å²) in [5.41, 5.74) is 1.39. The van der Waals surface area contributed by atoms with Gasteiger partial charge in [-0.2, -0.15) is 0 Å². The molecule has 2 aliphatic heterocycles. The number of nitrogens with one attached hydrogen (secondary N) is 1. The maximum atomic E-state index is 12.1. The molecule has 2 saturated heterocycles. The van der Waals surface area contributed by atoms with Crippen LogP contribution in [0.2, 0.25) is 0 Å². The van der Waals surface area contributed by atoms with Crippen molar-refractivity contribution in [2.75, 3.05) is 49.3 Å². The third-order valence-electron chi connectivity index (χ3n) is 3.91. The number of carbonyl (C=O) groups excluding carboxylic acids is 2. The van der Waals surface area contributed by atoms with Gasteiger partial charge < -0.3 is 24.6 Å². The molecule has 2 heterocycles. The number of aliphatic hydroxyl groups is 1. The van der Waals surface area contributed by atoms with Crippen molar-refractivity contribution in [1.29, 1.82) is 0 Å². The molecule has 0 unspecified atom stereocenters. The molecule has 9 nitrogen and oxygen atoms in total. The van der Waals surface area contributed by atoms with Gasteiger partial charge in [0, 0.05) is 11.4 Å². The molecule has 26 heavy (non-hydrogen) atoms. The van der Waals surface area contributed by atoms with E-state index in [0.29, 0.717) is 37.6 Å². The average Bonchev–Trinajstić information content (AvgIpc) is 3.24. The maximum absolute atomic E-state index is 12.1. The fraction of sp³-hybridized carbons (Fsp3) is 0.438. The topological polar surface area (TPSA) is 101 Å². The first-order valence-corrected chi connectivity index (χ1v) is 8.53. The lowest BCUT2D eigenvalue weighted by Crippen LogP contribution is -2.35. The van der Waals surface area contributed by atoms with Gasteiger partial charge in [-0.1, -0.05) is 0 Å². The Bertz CT molecular complexity index is 683. The van der Waals surface area contributed by atoms with Crippen LogP contribution in [0.1, 0.15) is 0 Å². The molecule has 0 aliphatic carbocycles. The summed E-state index contributed by atoms with van der Waals surface area (Å²) in [6.45, 7) is 1.54. The molecule has 2 amide bonds. The fourth-order valence-electron chi connectivity index (χ4n) is 2.67. The first kappa shape index (κ1) is 18.2. The molecule has 1 aromatic rings. The van der Waals surface area contributed by atoms with Crippen molar-refractivity contribution < 1.29 is 28.9 Å². The number of nitrogens with zero attached hydrogens (tertiary/aromatic N) is 2. The predicted octanol–water partition coefficient (Wildman–Crippen LogP) is 0.852. The largest absolute Gasteiger partial charge is 0.469 e. The third kappa shape index (κ3) is 4.14. The molecule has 140 valence electrons. The van der Waals surface area contributed by atoms with Crippen molar-refractivity contribution in [3.8, 4) is 0 Å². The zero-order valence-electron chi connectivity index (χ0n) is 13.9. The van der Waals surface area contributed by atoms with Gasteiger partial charge in [-0.3, -0.25) is 9.80 Å². The summed E-state index contributed by atoms with van der Waals surface area (Å²) in [6, 6.07) is 7.04. The van der Waals surface area contributed by atoms with Gasteiger partial charge in [0.2, 0.25) is 0 Å². The molecule has 1 atom stereocenters. The molecule has 0 bridgehead atoms. The van der Waals surface area contributed by atoms with Crippen LogP contribution in [0.15, 0.2) is 24.3 Å². The second kappa shape index (κ2) is 8.19. The summed E-state index contributed by atoms with van der Waals surface area (Å²) in [6.07, 6.45) is -1.21. The molecule has 2 N–H and O–H groups in total. The van der Waals surface area contributed by atoms with Gasteiger partial charge in [-0.25, -0.2) is 9.59 Å². The summed E-state index contributed by atoms with van der Waals surface area (Å²) in [5.74, 6) is 0. The lowest BCUT2D eigenvalue weighted by molar-refractivity contribution is 0.140. The number of carbonyl (C=O) groups is 2. The number of rotatable bonds is 6. The molecule has 3 rings (SSSR count). The molecule has 0 spiro atoms. The van der Waals surface area contributed by atoms with E-state index in [0.717, 1.165) is 0 Å². The van der Waals surface area contributed by atoms with Crippen LogP contribution in [-0.4, -0.2) is 68.0 Å². The Morgan fingerprint density at radius 1 is 1.23 bits per heavy atom. The summed E-state index contributed by atoms with van der Waals surface area (Å²) in [5, 5.41) is 11.7. The van der Waals surface area contributed by atoms with Crippen LogP contribution >= 0.6 is 12.2 Å². The zero-order valence-corrected chi connectivity index (χ0v) is 14.7. The van der Waals surface area contributed by atoms with E-state index in [9.17, 15) is 9.59 Å². The van der Waals surface area contributed by atoms with E-state index in [-0.39, 0.29) is 30.6 Å². The van der Waals surface area contributed by atoms with Crippen molar-refractivity contribution in [3.05, 3.63) is 24.3 Å². The standard InChI is InChI=1S/C16H19N3O6S/c20-6-8-23-14(26)17-9-13-10-19(16(22)25-13)12-3-1-11(2-4-12)18-5-7-24-15(18)21/h1-4,13,20H,5-10H2,(H,17,26)/t13-/m0/s1. The van der Waals surface area contributed by atoms with Gasteiger partial charge in [0.05, 0.1) is 26.2 Å². The normalized spacial score (nSPS) is 19.3. The highest BCUT2D eigenvalue weighted by molar-refractivity contribution is 7.80. The number of aliphatic hydroxyl groups excluding tert-OH is 1. The monoisotopic (exact) mass is 381 g/mol. The summed E-state index contributed by atoms with van der Waals surface area (Å²) >= 11 is 4.94. The minimum Gasteiger partial charge on any atom is -0.469 e. The van der Waals surface area contributed by atoms with E-state index >= 15 is 0 Å². The number of anilines is 2. The molecule has 2 aliphatic rings. The van der Waals surface area contributed by atoms with Crippen molar-refractivity contribution in [2.24, 2.45) is 0 Å². The maximum Gasteiger partial charge on any atom is 0.414 e. The molecule has 1 aromatic carbocycles. The second-order valence-electron chi connectivity index (χ2n) is 5.64. The van der Waals surface area contributed by atoms with E-state index in [1.54, 1.807) is 24.3 Å². The number of cyclic esters (lactones) is 2. The minimum absolute atomic E-state index is 0.110. The van der Waals surface area contributed by atoms with Gasteiger partial charge in [-0.05, 0) is 36.5 Å². The molecule has 0 radical (unpaired) electrons. The lowest BCUT2D eigenvalue weighted by atomic mass is 10.2. The molecular formula is C16H19N3O6S. The molecule has 2 fully saturated rings. The van der Waals surface area contributed by atoms with Gasteiger partial charge in [0.25, 0.3) is 5.17 Å². The first-order chi connectivity index (χ1) is 12.6. The van der Waals surface area contributed by atoms with Gasteiger partial charge >= 0.3 is 12.2 Å². The Morgan fingerprint density at radius 3 is 2.54 bits per heavy atom. The highest BCUT2D eigenvalue weighted by Gasteiger charge is 2.32. The van der Waals surface area contributed by atoms with Crippen molar-refractivity contribution in [1.82, 2.24) is 5.32 Å². The van der Waals surface area contributed by atoms with E-state index in [1.165, 1.54) is 9.80 Å². The van der Waals surface area contributed by atoms with Crippen LogP contribution in [0.3, 0.4) is 0 Å².